The van der Waals surface area contributed by atoms with Crippen LogP contribution in [0.2, 0.25) is 0 Å². The zero-order valence-corrected chi connectivity index (χ0v) is 9.19. The van der Waals surface area contributed by atoms with Crippen LogP contribution in [0.4, 0.5) is 11.6 Å². The van der Waals surface area contributed by atoms with Crippen LogP contribution < -0.4 is 10.6 Å². The molecule has 1 fully saturated rings. The third-order valence-electron chi connectivity index (χ3n) is 2.99. The number of hydrogen-bond donors (Lipinski definition) is 1. The van der Waals surface area contributed by atoms with Crippen LogP contribution in [0.1, 0.15) is 32.6 Å². The molecule has 1 aliphatic rings. The van der Waals surface area contributed by atoms with Crippen molar-refractivity contribution >= 4 is 11.6 Å². The highest BCUT2D eigenvalue weighted by Crippen LogP contribution is 2.21. The van der Waals surface area contributed by atoms with Gasteiger partial charge in [0.1, 0.15) is 11.6 Å². The minimum absolute atomic E-state index is 0.504. The lowest BCUT2D eigenvalue weighted by Gasteiger charge is -2.27. The fourth-order valence-corrected chi connectivity index (χ4v) is 2.12. The fraction of sp³-hybridized carbons (Fsp3) is 0.636. The second-order valence-corrected chi connectivity index (χ2v) is 4.19. The quantitative estimate of drug-likeness (QED) is 0.761. The maximum atomic E-state index is 5.65. The van der Waals surface area contributed by atoms with Crippen LogP contribution in [-0.2, 0) is 0 Å². The summed E-state index contributed by atoms with van der Waals surface area (Å²) < 4.78 is 0. The van der Waals surface area contributed by atoms with Gasteiger partial charge in [0.2, 0.25) is 0 Å². The number of nitrogens with zero attached hydrogens (tertiary/aromatic N) is 3. The fourth-order valence-electron chi connectivity index (χ4n) is 2.12. The SMILES string of the molecule is CC1CCCCCN1c1cncc(N)n1. The first-order valence-corrected chi connectivity index (χ1v) is 5.61. The molecule has 0 amide bonds. The summed E-state index contributed by atoms with van der Waals surface area (Å²) in [5, 5.41) is 0. The Morgan fingerprint density at radius 1 is 1.33 bits per heavy atom. The largest absolute Gasteiger partial charge is 0.382 e. The van der Waals surface area contributed by atoms with Gasteiger partial charge in [-0.1, -0.05) is 12.8 Å². The zero-order chi connectivity index (χ0) is 10.7. The lowest BCUT2D eigenvalue weighted by Crippen LogP contribution is -2.33. The van der Waals surface area contributed by atoms with E-state index in [1.54, 1.807) is 12.4 Å². The van der Waals surface area contributed by atoms with Crippen molar-refractivity contribution in [1.29, 1.82) is 0 Å². The van der Waals surface area contributed by atoms with Gasteiger partial charge in [-0.2, -0.15) is 0 Å². The average Bonchev–Trinajstić information content (AvgIpc) is 2.43. The van der Waals surface area contributed by atoms with Gasteiger partial charge in [-0.25, -0.2) is 4.98 Å². The lowest BCUT2D eigenvalue weighted by atomic mass is 10.1. The number of nitrogens with two attached hydrogens (primary N) is 1. The number of anilines is 2. The van der Waals surface area contributed by atoms with Gasteiger partial charge in [-0.3, -0.25) is 4.98 Å². The first-order valence-electron chi connectivity index (χ1n) is 5.61. The molecule has 2 rings (SSSR count). The average molecular weight is 206 g/mol. The van der Waals surface area contributed by atoms with Crippen molar-refractivity contribution in [3.8, 4) is 0 Å². The Labute approximate surface area is 90.5 Å². The molecule has 1 aromatic rings. The standard InChI is InChI=1S/C11H18N4/c1-9-5-3-2-4-6-15(9)11-8-13-7-10(12)14-11/h7-9H,2-6H2,1H3,(H2,12,14). The molecule has 1 aromatic heterocycles. The van der Waals surface area contributed by atoms with Gasteiger partial charge >= 0.3 is 0 Å². The molecule has 1 atom stereocenters. The van der Waals surface area contributed by atoms with Crippen molar-refractivity contribution in [2.75, 3.05) is 17.2 Å². The van der Waals surface area contributed by atoms with Crippen LogP contribution in [0, 0.1) is 0 Å². The predicted molar refractivity (Wildman–Crippen MR) is 61.7 cm³/mol. The summed E-state index contributed by atoms with van der Waals surface area (Å²) in [7, 11) is 0. The van der Waals surface area contributed by atoms with Crippen LogP contribution in [0.25, 0.3) is 0 Å². The molecule has 0 aliphatic carbocycles. The van der Waals surface area contributed by atoms with Crippen LogP contribution in [0.5, 0.6) is 0 Å². The molecule has 0 bridgehead atoms. The van der Waals surface area contributed by atoms with Crippen LogP contribution in [0.15, 0.2) is 12.4 Å². The summed E-state index contributed by atoms with van der Waals surface area (Å²) >= 11 is 0. The van der Waals surface area contributed by atoms with Gasteiger partial charge in [0.05, 0.1) is 12.4 Å². The van der Waals surface area contributed by atoms with Crippen molar-refractivity contribution in [3.05, 3.63) is 12.4 Å². The van der Waals surface area contributed by atoms with Crippen LogP contribution in [0.3, 0.4) is 0 Å². The van der Waals surface area contributed by atoms with Crippen molar-refractivity contribution in [1.82, 2.24) is 9.97 Å². The Morgan fingerprint density at radius 2 is 2.20 bits per heavy atom. The third-order valence-corrected chi connectivity index (χ3v) is 2.99. The minimum atomic E-state index is 0.504. The summed E-state index contributed by atoms with van der Waals surface area (Å²) in [6.45, 7) is 3.31. The second-order valence-electron chi connectivity index (χ2n) is 4.19. The van der Waals surface area contributed by atoms with E-state index in [1.807, 2.05) is 0 Å². The van der Waals surface area contributed by atoms with Crippen molar-refractivity contribution < 1.29 is 0 Å². The van der Waals surface area contributed by atoms with E-state index < -0.39 is 0 Å². The number of rotatable bonds is 1. The minimum Gasteiger partial charge on any atom is -0.382 e. The zero-order valence-electron chi connectivity index (χ0n) is 9.19. The highest BCUT2D eigenvalue weighted by Gasteiger charge is 2.18. The van der Waals surface area contributed by atoms with E-state index in [4.69, 9.17) is 5.73 Å². The molecule has 82 valence electrons. The van der Waals surface area contributed by atoms with Crippen LogP contribution >= 0.6 is 0 Å². The Bertz CT molecular complexity index is 326. The van der Waals surface area contributed by atoms with E-state index in [-0.39, 0.29) is 0 Å². The molecule has 2 N–H and O–H groups in total. The first-order chi connectivity index (χ1) is 7.27. The van der Waals surface area contributed by atoms with Crippen molar-refractivity contribution in [3.63, 3.8) is 0 Å². The maximum Gasteiger partial charge on any atom is 0.149 e. The number of hydrogen-bond acceptors (Lipinski definition) is 4. The van der Waals surface area contributed by atoms with E-state index in [0.717, 1.165) is 12.4 Å². The summed E-state index contributed by atoms with van der Waals surface area (Å²) in [4.78, 5) is 10.7. The van der Waals surface area contributed by atoms with E-state index >= 15 is 0 Å². The molecule has 1 saturated heterocycles. The molecule has 0 aromatic carbocycles. The molecule has 0 radical (unpaired) electrons. The highest BCUT2D eigenvalue weighted by molar-refractivity contribution is 5.42. The molecule has 2 heterocycles. The van der Waals surface area contributed by atoms with Crippen LogP contribution in [-0.4, -0.2) is 22.6 Å². The lowest BCUT2D eigenvalue weighted by molar-refractivity contribution is 0.610. The smallest absolute Gasteiger partial charge is 0.149 e. The number of aromatic nitrogens is 2. The van der Waals surface area contributed by atoms with Gasteiger partial charge in [-0.05, 0) is 19.8 Å². The third kappa shape index (κ3) is 2.37. The monoisotopic (exact) mass is 206 g/mol. The molecular weight excluding hydrogens is 188 g/mol. The van der Waals surface area contributed by atoms with Crippen molar-refractivity contribution in [2.45, 2.75) is 38.6 Å². The highest BCUT2D eigenvalue weighted by atomic mass is 15.2. The summed E-state index contributed by atoms with van der Waals surface area (Å²) in [6, 6.07) is 0.545. The Balaban J connectivity index is 2.20. The Hall–Kier alpha value is -1.32. The van der Waals surface area contributed by atoms with E-state index in [9.17, 15) is 0 Å². The molecule has 0 saturated carbocycles. The normalized spacial score (nSPS) is 22.5. The topological polar surface area (TPSA) is 55.0 Å². The van der Waals surface area contributed by atoms with E-state index in [1.165, 1.54) is 25.7 Å². The van der Waals surface area contributed by atoms with Gasteiger partial charge in [0.15, 0.2) is 0 Å². The Morgan fingerprint density at radius 3 is 3.00 bits per heavy atom. The first kappa shape index (κ1) is 10.2. The molecule has 15 heavy (non-hydrogen) atoms. The predicted octanol–water partition coefficient (Wildman–Crippen LogP) is 1.83. The molecule has 0 spiro atoms. The van der Waals surface area contributed by atoms with E-state index in [0.29, 0.717) is 11.9 Å². The number of nitrogen functional groups attached to an aromatic ring is 1. The van der Waals surface area contributed by atoms with Gasteiger partial charge < -0.3 is 10.6 Å². The van der Waals surface area contributed by atoms with E-state index in [2.05, 4.69) is 21.8 Å². The maximum absolute atomic E-state index is 5.65. The van der Waals surface area contributed by atoms with Gasteiger partial charge in [-0.15, -0.1) is 0 Å². The summed E-state index contributed by atoms with van der Waals surface area (Å²) in [5.41, 5.74) is 5.65. The second kappa shape index (κ2) is 4.47. The molecular formula is C11H18N4. The molecule has 1 aliphatic heterocycles. The molecule has 1 unspecified atom stereocenters. The Kier molecular flexibility index (Phi) is 3.04. The molecule has 4 nitrogen and oxygen atoms in total. The van der Waals surface area contributed by atoms with Crippen molar-refractivity contribution in [2.24, 2.45) is 0 Å². The summed E-state index contributed by atoms with van der Waals surface area (Å²) in [5.74, 6) is 1.42. The summed E-state index contributed by atoms with van der Waals surface area (Å²) in [6.07, 6.45) is 8.49. The molecule has 4 heteroatoms. The van der Waals surface area contributed by atoms with Gasteiger partial charge in [0, 0.05) is 12.6 Å². The van der Waals surface area contributed by atoms with Gasteiger partial charge in [0.25, 0.3) is 0 Å².